The van der Waals surface area contributed by atoms with Gasteiger partial charge in [0.2, 0.25) is 10.0 Å². The Bertz CT molecular complexity index is 520. The summed E-state index contributed by atoms with van der Waals surface area (Å²) in [6, 6.07) is -0.951. The molecule has 1 fully saturated rings. The highest BCUT2D eigenvalue weighted by Crippen LogP contribution is 2.27. The van der Waals surface area contributed by atoms with E-state index in [9.17, 15) is 18.0 Å². The van der Waals surface area contributed by atoms with Crippen LogP contribution in [0.3, 0.4) is 0 Å². The summed E-state index contributed by atoms with van der Waals surface area (Å²) in [5, 5.41) is 1.98. The first kappa shape index (κ1) is 18.7. The SMILES string of the molecule is CC[C@H](C)C(NC(=O)OC(C)(C)C)C(=O)NS(=O)(=O)C1CC1. The molecule has 0 saturated heterocycles. The predicted molar refractivity (Wildman–Crippen MR) is 82.7 cm³/mol. The average molecular weight is 334 g/mol. The second kappa shape index (κ2) is 6.85. The molecule has 2 atom stereocenters. The molecule has 0 aromatic carbocycles. The Morgan fingerprint density at radius 2 is 1.82 bits per heavy atom. The van der Waals surface area contributed by atoms with Gasteiger partial charge in [0, 0.05) is 0 Å². The Hall–Kier alpha value is -1.31. The maximum absolute atomic E-state index is 12.2. The van der Waals surface area contributed by atoms with Crippen molar-refractivity contribution in [2.75, 3.05) is 0 Å². The summed E-state index contributed by atoms with van der Waals surface area (Å²) in [5.74, 6) is -0.936. The molecule has 8 heteroatoms. The predicted octanol–water partition coefficient (Wildman–Crippen LogP) is 1.53. The number of sulfonamides is 1. The molecule has 1 rings (SSSR count). The van der Waals surface area contributed by atoms with E-state index in [1.165, 1.54) is 0 Å². The lowest BCUT2D eigenvalue weighted by atomic mass is 9.99. The number of alkyl carbamates (subject to hydrolysis) is 1. The summed E-state index contributed by atoms with van der Waals surface area (Å²) in [6.07, 6.45) is 1.00. The highest BCUT2D eigenvalue weighted by molar-refractivity contribution is 7.90. The van der Waals surface area contributed by atoms with E-state index in [0.29, 0.717) is 19.3 Å². The van der Waals surface area contributed by atoms with Gasteiger partial charge in [0.15, 0.2) is 0 Å². The summed E-state index contributed by atoms with van der Waals surface area (Å²) in [5.41, 5.74) is -0.694. The smallest absolute Gasteiger partial charge is 0.408 e. The minimum Gasteiger partial charge on any atom is -0.444 e. The molecule has 0 bridgehead atoms. The summed E-state index contributed by atoms with van der Waals surface area (Å²) < 4.78 is 30.9. The Balaban J connectivity index is 2.75. The standard InChI is InChI=1S/C14H26N2O5S/c1-6-9(2)11(15-13(18)21-14(3,4)5)12(17)16-22(19,20)10-7-8-10/h9-11H,6-8H2,1-5H3,(H,15,18)(H,16,17)/t9-,11?/m0/s1. The van der Waals surface area contributed by atoms with E-state index in [-0.39, 0.29) is 5.92 Å². The molecule has 0 radical (unpaired) electrons. The Morgan fingerprint density at radius 1 is 1.27 bits per heavy atom. The molecule has 1 unspecified atom stereocenters. The Morgan fingerprint density at radius 3 is 2.23 bits per heavy atom. The van der Waals surface area contributed by atoms with Gasteiger partial charge in [-0.3, -0.25) is 9.52 Å². The second-order valence-electron chi connectivity index (χ2n) is 6.72. The van der Waals surface area contributed by atoms with Gasteiger partial charge >= 0.3 is 6.09 Å². The van der Waals surface area contributed by atoms with Gasteiger partial charge in [-0.1, -0.05) is 20.3 Å². The first-order chi connectivity index (χ1) is 9.96. The van der Waals surface area contributed by atoms with Crippen molar-refractivity contribution in [2.24, 2.45) is 5.92 Å². The summed E-state index contributed by atoms with van der Waals surface area (Å²) in [4.78, 5) is 24.1. The Kier molecular flexibility index (Phi) is 5.83. The molecule has 0 spiro atoms. The molecule has 128 valence electrons. The Labute approximate surface area is 132 Å². The second-order valence-corrected chi connectivity index (χ2v) is 8.68. The van der Waals surface area contributed by atoms with Crippen molar-refractivity contribution in [3.63, 3.8) is 0 Å². The van der Waals surface area contributed by atoms with Gasteiger partial charge in [-0.05, 0) is 39.5 Å². The van der Waals surface area contributed by atoms with Gasteiger partial charge in [-0.15, -0.1) is 0 Å². The molecule has 2 amide bonds. The van der Waals surface area contributed by atoms with E-state index in [2.05, 4.69) is 10.0 Å². The van der Waals surface area contributed by atoms with E-state index in [4.69, 9.17) is 4.74 Å². The van der Waals surface area contributed by atoms with E-state index >= 15 is 0 Å². The van der Waals surface area contributed by atoms with Crippen LogP contribution in [0.4, 0.5) is 4.79 Å². The van der Waals surface area contributed by atoms with E-state index in [1.807, 2.05) is 6.92 Å². The number of carbonyl (C=O) groups is 2. The molecule has 0 heterocycles. The molecule has 2 N–H and O–H groups in total. The van der Waals surface area contributed by atoms with Crippen LogP contribution in [0.15, 0.2) is 0 Å². The molecule has 1 aliphatic carbocycles. The fourth-order valence-corrected chi connectivity index (χ4v) is 3.13. The van der Waals surface area contributed by atoms with Crippen LogP contribution in [-0.2, 0) is 19.6 Å². The van der Waals surface area contributed by atoms with Gasteiger partial charge in [0.25, 0.3) is 5.91 Å². The van der Waals surface area contributed by atoms with E-state index < -0.39 is 38.9 Å². The van der Waals surface area contributed by atoms with Gasteiger partial charge in [-0.2, -0.15) is 0 Å². The monoisotopic (exact) mass is 334 g/mol. The van der Waals surface area contributed by atoms with Crippen LogP contribution in [0, 0.1) is 5.92 Å². The van der Waals surface area contributed by atoms with Gasteiger partial charge in [0.05, 0.1) is 5.25 Å². The van der Waals surface area contributed by atoms with Gasteiger partial charge < -0.3 is 10.1 Å². The highest BCUT2D eigenvalue weighted by Gasteiger charge is 2.39. The molecule has 1 aliphatic rings. The molecular formula is C14H26N2O5S. The first-order valence-corrected chi connectivity index (χ1v) is 9.06. The van der Waals surface area contributed by atoms with Gasteiger partial charge in [-0.25, -0.2) is 13.2 Å². The van der Waals surface area contributed by atoms with Crippen molar-refractivity contribution >= 4 is 22.0 Å². The fourth-order valence-electron chi connectivity index (χ4n) is 1.80. The van der Waals surface area contributed by atoms with Crippen LogP contribution in [-0.4, -0.2) is 37.3 Å². The topological polar surface area (TPSA) is 102 Å². The quantitative estimate of drug-likeness (QED) is 0.767. The lowest BCUT2D eigenvalue weighted by Crippen LogP contribution is -2.52. The largest absolute Gasteiger partial charge is 0.444 e. The van der Waals surface area contributed by atoms with Crippen LogP contribution < -0.4 is 10.0 Å². The normalized spacial score (nSPS) is 18.2. The minimum atomic E-state index is -3.64. The molecule has 0 aromatic rings. The molecule has 0 aromatic heterocycles. The fraction of sp³-hybridized carbons (Fsp3) is 0.857. The van der Waals surface area contributed by atoms with Gasteiger partial charge in [0.1, 0.15) is 11.6 Å². The number of ether oxygens (including phenoxy) is 1. The number of hydrogen-bond donors (Lipinski definition) is 2. The molecule has 7 nitrogen and oxygen atoms in total. The third kappa shape index (κ3) is 5.82. The lowest BCUT2D eigenvalue weighted by molar-refractivity contribution is -0.122. The number of hydrogen-bond acceptors (Lipinski definition) is 5. The lowest BCUT2D eigenvalue weighted by Gasteiger charge is -2.26. The van der Waals surface area contributed by atoms with Crippen molar-refractivity contribution in [3.8, 4) is 0 Å². The van der Waals surface area contributed by atoms with E-state index in [1.54, 1.807) is 27.7 Å². The van der Waals surface area contributed by atoms with Crippen molar-refractivity contribution in [2.45, 2.75) is 70.8 Å². The maximum atomic E-state index is 12.2. The first-order valence-electron chi connectivity index (χ1n) is 7.51. The van der Waals surface area contributed by atoms with Crippen molar-refractivity contribution < 1.29 is 22.7 Å². The van der Waals surface area contributed by atoms with Crippen LogP contribution in [0.25, 0.3) is 0 Å². The van der Waals surface area contributed by atoms with Crippen LogP contribution in [0.1, 0.15) is 53.9 Å². The van der Waals surface area contributed by atoms with Crippen molar-refractivity contribution in [1.82, 2.24) is 10.0 Å². The number of rotatable bonds is 6. The maximum Gasteiger partial charge on any atom is 0.408 e. The zero-order valence-electron chi connectivity index (χ0n) is 13.8. The summed E-state index contributed by atoms with van der Waals surface area (Å²) in [7, 11) is -3.64. The van der Waals surface area contributed by atoms with Crippen molar-refractivity contribution in [1.29, 1.82) is 0 Å². The van der Waals surface area contributed by atoms with Crippen LogP contribution in [0.2, 0.25) is 0 Å². The summed E-state index contributed by atoms with van der Waals surface area (Å²) in [6.45, 7) is 8.76. The molecular weight excluding hydrogens is 308 g/mol. The highest BCUT2D eigenvalue weighted by atomic mass is 32.2. The number of nitrogens with one attached hydrogen (secondary N) is 2. The summed E-state index contributed by atoms with van der Waals surface area (Å²) >= 11 is 0. The van der Waals surface area contributed by atoms with Crippen LogP contribution in [0.5, 0.6) is 0 Å². The zero-order valence-corrected chi connectivity index (χ0v) is 14.6. The molecule has 22 heavy (non-hydrogen) atoms. The third-order valence-electron chi connectivity index (χ3n) is 3.37. The zero-order chi connectivity index (χ0) is 17.1. The minimum absolute atomic E-state index is 0.220. The third-order valence-corrected chi connectivity index (χ3v) is 5.21. The number of amides is 2. The molecule has 0 aliphatic heterocycles. The molecule has 1 saturated carbocycles. The average Bonchev–Trinajstić information content (AvgIpc) is 3.16. The van der Waals surface area contributed by atoms with Crippen molar-refractivity contribution in [3.05, 3.63) is 0 Å². The van der Waals surface area contributed by atoms with Crippen LogP contribution >= 0.6 is 0 Å². The van der Waals surface area contributed by atoms with E-state index in [0.717, 1.165) is 0 Å². The number of carbonyl (C=O) groups excluding carboxylic acids is 2.